The molecule has 0 aliphatic heterocycles. The third-order valence-electron chi connectivity index (χ3n) is 4.53. The monoisotopic (exact) mass is 436 g/mol. The molecule has 0 aromatic heterocycles. The number of carboxylic acid groups (broad SMARTS) is 1. The first kappa shape index (κ1) is 23.5. The van der Waals surface area contributed by atoms with Crippen LogP contribution in [0, 0.1) is 0 Å². The smallest absolute Gasteiger partial charge is 0.337 e. The Morgan fingerprint density at radius 1 is 1.03 bits per heavy atom. The van der Waals surface area contributed by atoms with Gasteiger partial charge in [0.1, 0.15) is 0 Å². The lowest BCUT2D eigenvalue weighted by Gasteiger charge is -2.13. The van der Waals surface area contributed by atoms with Crippen molar-refractivity contribution in [2.45, 2.75) is 31.1 Å². The maximum absolute atomic E-state index is 12.4. The van der Waals surface area contributed by atoms with Crippen LogP contribution in [0.5, 0.6) is 11.5 Å². The number of anilines is 1. The molecular weight excluding hydrogens is 408 g/mol. The first-order valence-electron chi connectivity index (χ1n) is 9.64. The number of aromatic carboxylic acids is 1. The summed E-state index contributed by atoms with van der Waals surface area (Å²) in [5.41, 5.74) is 1.24. The van der Waals surface area contributed by atoms with Gasteiger partial charge in [-0.3, -0.25) is 0 Å². The number of carboxylic acids is 1. The van der Waals surface area contributed by atoms with Crippen molar-refractivity contribution in [1.29, 1.82) is 0 Å². The molecule has 0 fully saturated rings. The van der Waals surface area contributed by atoms with E-state index >= 15 is 0 Å². The lowest BCUT2D eigenvalue weighted by Crippen LogP contribution is -2.25. The molecule has 0 saturated carbocycles. The Morgan fingerprint density at radius 2 is 1.77 bits per heavy atom. The quantitative estimate of drug-likeness (QED) is 0.438. The minimum Gasteiger partial charge on any atom is -0.493 e. The van der Waals surface area contributed by atoms with Crippen LogP contribution in [0.4, 0.5) is 5.69 Å². The van der Waals surface area contributed by atoms with E-state index in [1.54, 1.807) is 14.2 Å². The molecule has 2 aromatic rings. The second-order valence-electron chi connectivity index (χ2n) is 6.63. The van der Waals surface area contributed by atoms with Crippen LogP contribution in [-0.4, -0.2) is 46.8 Å². The molecule has 0 saturated heterocycles. The summed E-state index contributed by atoms with van der Waals surface area (Å²) >= 11 is 0. The maximum Gasteiger partial charge on any atom is 0.337 e. The van der Waals surface area contributed by atoms with E-state index in [0.717, 1.165) is 12.0 Å². The topological polar surface area (TPSA) is 114 Å². The van der Waals surface area contributed by atoms with E-state index in [-0.39, 0.29) is 10.5 Å². The van der Waals surface area contributed by atoms with Gasteiger partial charge in [-0.1, -0.05) is 19.4 Å². The predicted molar refractivity (Wildman–Crippen MR) is 115 cm³/mol. The summed E-state index contributed by atoms with van der Waals surface area (Å²) in [6, 6.07) is 9.62. The minimum atomic E-state index is -3.75. The van der Waals surface area contributed by atoms with Crippen molar-refractivity contribution < 1.29 is 27.8 Å². The number of benzene rings is 2. The molecule has 0 radical (unpaired) electrons. The van der Waals surface area contributed by atoms with Gasteiger partial charge in [-0.15, -0.1) is 0 Å². The van der Waals surface area contributed by atoms with Crippen molar-refractivity contribution in [2.24, 2.45) is 0 Å². The highest BCUT2D eigenvalue weighted by Gasteiger charge is 2.18. The Morgan fingerprint density at radius 3 is 2.40 bits per heavy atom. The average molecular weight is 437 g/mol. The van der Waals surface area contributed by atoms with Gasteiger partial charge in [-0.25, -0.2) is 17.9 Å². The van der Waals surface area contributed by atoms with Crippen LogP contribution in [0.3, 0.4) is 0 Å². The Bertz CT molecular complexity index is 975. The first-order chi connectivity index (χ1) is 14.3. The molecule has 0 spiro atoms. The summed E-state index contributed by atoms with van der Waals surface area (Å²) in [6.07, 6.45) is 2.17. The van der Waals surface area contributed by atoms with E-state index in [0.29, 0.717) is 43.1 Å². The minimum absolute atomic E-state index is 0.0681. The van der Waals surface area contributed by atoms with Crippen LogP contribution in [0.2, 0.25) is 0 Å². The molecule has 8 nitrogen and oxygen atoms in total. The molecule has 0 unspecified atom stereocenters. The summed E-state index contributed by atoms with van der Waals surface area (Å²) in [5.74, 6) is 0.0484. The van der Waals surface area contributed by atoms with Crippen LogP contribution < -0.4 is 19.5 Å². The molecule has 30 heavy (non-hydrogen) atoms. The number of nitrogens with one attached hydrogen (secondary N) is 2. The van der Waals surface area contributed by atoms with Crippen molar-refractivity contribution in [3.05, 3.63) is 47.5 Å². The predicted octanol–water partition coefficient (Wildman–Crippen LogP) is 3.14. The second-order valence-corrected chi connectivity index (χ2v) is 8.40. The van der Waals surface area contributed by atoms with Gasteiger partial charge in [0.25, 0.3) is 0 Å². The van der Waals surface area contributed by atoms with Crippen molar-refractivity contribution in [2.75, 3.05) is 32.6 Å². The van der Waals surface area contributed by atoms with E-state index in [9.17, 15) is 18.3 Å². The maximum atomic E-state index is 12.4. The van der Waals surface area contributed by atoms with Gasteiger partial charge in [0.15, 0.2) is 11.5 Å². The molecule has 9 heteroatoms. The number of unbranched alkanes of at least 4 members (excludes halogenated alkanes) is 1. The van der Waals surface area contributed by atoms with Gasteiger partial charge < -0.3 is 19.9 Å². The summed E-state index contributed by atoms with van der Waals surface area (Å²) in [6.45, 7) is 2.72. The molecule has 164 valence electrons. The third-order valence-corrected chi connectivity index (χ3v) is 5.99. The van der Waals surface area contributed by atoms with Gasteiger partial charge >= 0.3 is 5.97 Å². The van der Waals surface area contributed by atoms with Gasteiger partial charge in [0.05, 0.1) is 24.7 Å². The Kier molecular flexibility index (Phi) is 8.49. The van der Waals surface area contributed by atoms with Gasteiger partial charge in [0.2, 0.25) is 10.0 Å². The summed E-state index contributed by atoms with van der Waals surface area (Å²) in [4.78, 5) is 11.6. The molecule has 0 heterocycles. The van der Waals surface area contributed by atoms with E-state index < -0.39 is 16.0 Å². The van der Waals surface area contributed by atoms with Crippen molar-refractivity contribution >= 4 is 21.7 Å². The van der Waals surface area contributed by atoms with Crippen LogP contribution in [-0.2, 0) is 16.4 Å². The van der Waals surface area contributed by atoms with Crippen molar-refractivity contribution in [1.82, 2.24) is 4.72 Å². The number of rotatable bonds is 12. The van der Waals surface area contributed by atoms with E-state index in [4.69, 9.17) is 9.47 Å². The second kappa shape index (κ2) is 10.8. The molecule has 0 atom stereocenters. The van der Waals surface area contributed by atoms with E-state index in [1.165, 1.54) is 18.2 Å². The highest BCUT2D eigenvalue weighted by molar-refractivity contribution is 7.89. The normalized spacial score (nSPS) is 11.2. The first-order valence-corrected chi connectivity index (χ1v) is 11.1. The van der Waals surface area contributed by atoms with Crippen LogP contribution in [0.25, 0.3) is 0 Å². The number of methoxy groups -OCH3 is 2. The lowest BCUT2D eigenvalue weighted by molar-refractivity contribution is 0.0697. The van der Waals surface area contributed by atoms with E-state index in [1.807, 2.05) is 25.1 Å². The zero-order valence-electron chi connectivity index (χ0n) is 17.4. The van der Waals surface area contributed by atoms with Gasteiger partial charge in [-0.05, 0) is 48.7 Å². The van der Waals surface area contributed by atoms with Gasteiger partial charge in [-0.2, -0.15) is 0 Å². The Labute approximate surface area is 177 Å². The fourth-order valence-corrected chi connectivity index (χ4v) is 3.97. The standard InChI is InChI=1S/C21H28N2O6S/c1-4-5-11-23-30(26,27)16-7-8-18(17(14-16)21(24)25)22-12-10-15-6-9-19(28-2)20(13-15)29-3/h6-9,13-14,22-23H,4-5,10-12H2,1-3H3,(H,24,25). The molecule has 0 bridgehead atoms. The fraction of sp³-hybridized carbons (Fsp3) is 0.381. The van der Waals surface area contributed by atoms with Crippen LogP contribution in [0.15, 0.2) is 41.3 Å². The molecule has 0 amide bonds. The molecule has 0 aliphatic rings. The van der Waals surface area contributed by atoms with Crippen LogP contribution >= 0.6 is 0 Å². The van der Waals surface area contributed by atoms with Crippen molar-refractivity contribution in [3.63, 3.8) is 0 Å². The third kappa shape index (κ3) is 6.11. The Hall–Kier alpha value is -2.78. The number of sulfonamides is 1. The average Bonchev–Trinajstić information content (AvgIpc) is 2.73. The summed E-state index contributed by atoms with van der Waals surface area (Å²) in [7, 11) is -0.624. The molecule has 2 rings (SSSR count). The number of hydrogen-bond acceptors (Lipinski definition) is 6. The molecule has 2 aromatic carbocycles. The lowest BCUT2D eigenvalue weighted by atomic mass is 10.1. The highest BCUT2D eigenvalue weighted by atomic mass is 32.2. The molecule has 0 aliphatic carbocycles. The molecular formula is C21H28N2O6S. The summed E-state index contributed by atoms with van der Waals surface area (Å²) < 4.78 is 37.7. The van der Waals surface area contributed by atoms with Crippen LogP contribution in [0.1, 0.15) is 35.7 Å². The highest BCUT2D eigenvalue weighted by Crippen LogP contribution is 2.28. The number of ether oxygens (including phenoxy) is 2. The van der Waals surface area contributed by atoms with E-state index in [2.05, 4.69) is 10.0 Å². The summed E-state index contributed by atoms with van der Waals surface area (Å²) in [5, 5.41) is 12.6. The molecule has 3 N–H and O–H groups in total. The number of carbonyl (C=O) groups is 1. The zero-order valence-corrected chi connectivity index (χ0v) is 18.2. The SMILES string of the molecule is CCCCNS(=O)(=O)c1ccc(NCCc2ccc(OC)c(OC)c2)c(C(=O)O)c1. The zero-order chi connectivity index (χ0) is 22.1. The van der Waals surface area contributed by atoms with Crippen molar-refractivity contribution in [3.8, 4) is 11.5 Å². The fourth-order valence-electron chi connectivity index (χ4n) is 2.87. The Balaban J connectivity index is 2.11. The largest absolute Gasteiger partial charge is 0.493 e. The van der Waals surface area contributed by atoms with Gasteiger partial charge in [0, 0.05) is 18.8 Å². The number of hydrogen-bond donors (Lipinski definition) is 3.